The molecule has 11 amide bonds. The molecule has 3 aliphatic rings. The number of nitrogens with one attached hydrogen (secondary N) is 8. The van der Waals surface area contributed by atoms with Crippen LogP contribution in [-0.4, -0.2) is 205 Å². The van der Waals surface area contributed by atoms with Gasteiger partial charge in [-0.25, -0.2) is 4.79 Å². The zero-order chi connectivity index (χ0) is 64.8. The lowest BCUT2D eigenvalue weighted by Gasteiger charge is -2.35. The summed E-state index contributed by atoms with van der Waals surface area (Å²) in [4.78, 5) is 169. The van der Waals surface area contributed by atoms with Crippen LogP contribution in [0.2, 0.25) is 0 Å². The number of nitrogens with two attached hydrogens (primary N) is 2. The standard InChI is InChI=1S/C59H84N12O17/c1-4-32(2)47-58(86)71-27-13-19-45(71)57(85)70-26-12-18-44(70)55(83)64-40(24-25-46(61)76)51(79)63-38(50(78)66-42(59(87)88)29-35-20-22-36(75)23-21-35)16-10-5-6-11-17-39(62-49(77)37(60)30-72)52(80)69-48(33(3)74)56(84)65-41(28-34-14-8-7-9-15-34)53(81)67-43(31-73)54(82)68-47/h5-9,14-15,20-23,32-33,37-45,47-48,72-75H,4,10-13,16-19,24-31,60H2,1-3H3,(H2,61,76)(H,62,77)(H,63,79)(H,64,83)(H,65,84)(H,66,78)(H,67,81)(H,68,82)(H,69,80)(H,87,88)/b6-5-/t32-,33+,37+,38+,39+,40+,41+,42-,43-,44-,45-,47-,48-/m0/s1. The summed E-state index contributed by atoms with van der Waals surface area (Å²) in [6.45, 7) is 2.88. The van der Waals surface area contributed by atoms with E-state index in [0.717, 1.165) is 6.92 Å². The topological polar surface area (TPSA) is 461 Å². The van der Waals surface area contributed by atoms with Gasteiger partial charge in [0.05, 0.1) is 19.3 Å². The van der Waals surface area contributed by atoms with Gasteiger partial charge in [0.2, 0.25) is 65.0 Å². The maximum absolute atomic E-state index is 14.7. The number of fused-ring (bicyclic) bond motifs is 2. The lowest BCUT2D eigenvalue weighted by Crippen LogP contribution is -2.62. The van der Waals surface area contributed by atoms with Crippen LogP contribution in [0.5, 0.6) is 5.75 Å². The van der Waals surface area contributed by atoms with Crippen LogP contribution in [0, 0.1) is 5.92 Å². The van der Waals surface area contributed by atoms with Crippen LogP contribution in [0.15, 0.2) is 66.7 Å². The fraction of sp³-hybridized carbons (Fsp3) is 0.559. The number of rotatable bonds is 17. The first-order valence-electron chi connectivity index (χ1n) is 29.5. The Morgan fingerprint density at radius 3 is 1.85 bits per heavy atom. The molecule has 3 aliphatic heterocycles. The van der Waals surface area contributed by atoms with Gasteiger partial charge in [0.1, 0.15) is 72.2 Å². The van der Waals surface area contributed by atoms with Crippen molar-refractivity contribution in [2.75, 3.05) is 26.3 Å². The minimum atomic E-state index is -1.81. The highest BCUT2D eigenvalue weighted by molar-refractivity contribution is 5.99. The number of hydrogen-bond acceptors (Lipinski definition) is 17. The van der Waals surface area contributed by atoms with E-state index in [2.05, 4.69) is 42.5 Å². The summed E-state index contributed by atoms with van der Waals surface area (Å²) in [5.41, 5.74) is 12.2. The van der Waals surface area contributed by atoms with Crippen molar-refractivity contribution in [1.82, 2.24) is 52.3 Å². The quantitative estimate of drug-likeness (QED) is 0.0677. The number of aliphatic hydroxyl groups excluding tert-OH is 3. The Morgan fingerprint density at radius 1 is 0.670 bits per heavy atom. The molecule has 2 aromatic rings. The second kappa shape index (κ2) is 34.1. The first kappa shape index (κ1) is 70.2. The summed E-state index contributed by atoms with van der Waals surface area (Å²) in [5.74, 6) is -12.2. The van der Waals surface area contributed by atoms with Gasteiger partial charge in [0.25, 0.3) is 0 Å². The summed E-state index contributed by atoms with van der Waals surface area (Å²) in [6, 6.07) is -2.60. The van der Waals surface area contributed by atoms with Gasteiger partial charge in [-0.2, -0.15) is 0 Å². The lowest BCUT2D eigenvalue weighted by molar-refractivity contribution is -0.149. The average molecular weight is 1230 g/mol. The molecule has 17 N–H and O–H groups in total. The third kappa shape index (κ3) is 20.3. The van der Waals surface area contributed by atoms with Gasteiger partial charge < -0.3 is 89.3 Å². The number of carboxylic acid groups (broad SMARTS) is 1. The molecular formula is C59H84N12O17. The van der Waals surface area contributed by atoms with Gasteiger partial charge in [0.15, 0.2) is 0 Å². The highest BCUT2D eigenvalue weighted by Crippen LogP contribution is 2.27. The molecule has 2 aromatic carbocycles. The second-order valence-corrected chi connectivity index (χ2v) is 22.3. The van der Waals surface area contributed by atoms with Crippen LogP contribution in [-0.2, 0) is 70.4 Å². The molecule has 0 radical (unpaired) electrons. The first-order valence-corrected chi connectivity index (χ1v) is 29.5. The third-order valence-electron chi connectivity index (χ3n) is 15.7. The van der Waals surface area contributed by atoms with Crippen LogP contribution in [0.3, 0.4) is 0 Å². The second-order valence-electron chi connectivity index (χ2n) is 22.3. The summed E-state index contributed by atoms with van der Waals surface area (Å²) in [6.07, 6.45) is 0.833. The Balaban J connectivity index is 1.55. The largest absolute Gasteiger partial charge is 0.508 e. The smallest absolute Gasteiger partial charge is 0.326 e. The van der Waals surface area contributed by atoms with E-state index in [1.165, 1.54) is 46.2 Å². The van der Waals surface area contributed by atoms with E-state index in [1.54, 1.807) is 44.2 Å². The predicted molar refractivity (Wildman–Crippen MR) is 314 cm³/mol. The van der Waals surface area contributed by atoms with Crippen molar-refractivity contribution in [2.24, 2.45) is 17.4 Å². The van der Waals surface area contributed by atoms with Crippen LogP contribution in [0.25, 0.3) is 0 Å². The number of aromatic hydroxyl groups is 1. The number of carboxylic acids is 1. The molecule has 2 fully saturated rings. The highest BCUT2D eigenvalue weighted by atomic mass is 16.4. The minimum Gasteiger partial charge on any atom is -0.508 e. The van der Waals surface area contributed by atoms with Crippen molar-refractivity contribution in [3.8, 4) is 5.75 Å². The Hall–Kier alpha value is -8.54. The van der Waals surface area contributed by atoms with Crippen LogP contribution < -0.4 is 54.0 Å². The van der Waals surface area contributed by atoms with Gasteiger partial charge in [-0.05, 0) is 93.9 Å². The van der Waals surface area contributed by atoms with E-state index in [0.29, 0.717) is 30.4 Å². The number of carbonyl (C=O) groups excluding carboxylic acids is 11. The molecule has 0 unspecified atom stereocenters. The zero-order valence-corrected chi connectivity index (χ0v) is 49.6. The normalized spacial score (nSPS) is 26.1. The number of phenols is 1. The number of benzene rings is 2. The van der Waals surface area contributed by atoms with Crippen molar-refractivity contribution >= 4 is 70.9 Å². The lowest BCUT2D eigenvalue weighted by atomic mass is 9.96. The van der Waals surface area contributed by atoms with Crippen LogP contribution >= 0.6 is 0 Å². The van der Waals surface area contributed by atoms with Crippen molar-refractivity contribution in [2.45, 2.75) is 177 Å². The third-order valence-corrected chi connectivity index (χ3v) is 15.7. The van der Waals surface area contributed by atoms with Gasteiger partial charge in [-0.3, -0.25) is 52.7 Å². The SMILES string of the molecule is CC[C@H](C)[C@@H]1NC(=O)[C@H](CO)NC(=O)[C@@H](Cc2ccccc2)NC(=O)[C@H]([C@@H](C)O)NC(=O)[C@H](NC(=O)[C@H](N)CO)CC/C=C\CC[C@H](C(=O)N[C@@H](Cc2ccc(O)cc2)C(=O)O)NC(=O)[C@@H](CCC(N)=O)NC(=O)[C@@H]2CCCN2C(=O)[C@@H]2CCCN2C1=O. The number of nitrogens with zero attached hydrogens (tertiary/aromatic N) is 2. The van der Waals surface area contributed by atoms with Crippen LogP contribution in [0.4, 0.5) is 0 Å². The average Bonchev–Trinajstić information content (AvgIpc) is 2.85. The molecule has 29 nitrogen and oxygen atoms in total. The Morgan fingerprint density at radius 2 is 1.25 bits per heavy atom. The maximum Gasteiger partial charge on any atom is 0.326 e. The van der Waals surface area contributed by atoms with E-state index in [-0.39, 0.29) is 76.6 Å². The highest BCUT2D eigenvalue weighted by Gasteiger charge is 2.46. The number of aliphatic carboxylic acids is 1. The van der Waals surface area contributed by atoms with E-state index in [9.17, 15) is 83.1 Å². The van der Waals surface area contributed by atoms with E-state index in [1.807, 2.05) is 0 Å². The number of hydrogen-bond donors (Lipinski definition) is 15. The molecule has 29 heteroatoms. The molecule has 88 heavy (non-hydrogen) atoms. The minimum absolute atomic E-state index is 0.0267. The van der Waals surface area contributed by atoms with Crippen molar-refractivity contribution in [3.05, 3.63) is 77.9 Å². The van der Waals surface area contributed by atoms with E-state index < -0.39 is 169 Å². The number of phenolic OH excluding ortho intramolecular Hbond substituents is 1. The zero-order valence-electron chi connectivity index (χ0n) is 49.6. The number of aliphatic hydroxyl groups is 3. The van der Waals surface area contributed by atoms with E-state index >= 15 is 0 Å². The van der Waals surface area contributed by atoms with Gasteiger partial charge >= 0.3 is 5.97 Å². The summed E-state index contributed by atoms with van der Waals surface area (Å²) in [5, 5.41) is 71.3. The molecule has 0 spiro atoms. The number of primary amides is 1. The molecule has 0 bridgehead atoms. The molecule has 0 aliphatic carbocycles. The van der Waals surface area contributed by atoms with Crippen molar-refractivity contribution in [1.29, 1.82) is 0 Å². The Labute approximate surface area is 508 Å². The molecular weight excluding hydrogens is 1150 g/mol. The Kier molecular flexibility index (Phi) is 27.2. The predicted octanol–water partition coefficient (Wildman–Crippen LogP) is -3.74. The van der Waals surface area contributed by atoms with Crippen LogP contribution in [0.1, 0.15) is 103 Å². The van der Waals surface area contributed by atoms with Crippen molar-refractivity contribution in [3.63, 3.8) is 0 Å². The molecule has 5 rings (SSSR count). The fourth-order valence-electron chi connectivity index (χ4n) is 10.4. The molecule has 2 saturated heterocycles. The van der Waals surface area contributed by atoms with Gasteiger partial charge in [-0.15, -0.1) is 0 Å². The Bertz CT molecular complexity index is 2820. The number of allylic oxidation sites excluding steroid dienone is 2. The molecule has 0 aromatic heterocycles. The van der Waals surface area contributed by atoms with Crippen molar-refractivity contribution < 1.29 is 83.1 Å². The first-order chi connectivity index (χ1) is 41.9. The molecule has 482 valence electrons. The maximum atomic E-state index is 14.7. The fourth-order valence-corrected chi connectivity index (χ4v) is 10.4. The molecule has 3 heterocycles. The van der Waals surface area contributed by atoms with E-state index in [4.69, 9.17) is 11.5 Å². The van der Waals surface area contributed by atoms with Gasteiger partial charge in [0, 0.05) is 32.4 Å². The monoisotopic (exact) mass is 1230 g/mol. The molecule has 0 saturated carbocycles. The summed E-state index contributed by atoms with van der Waals surface area (Å²) in [7, 11) is 0. The number of amides is 11. The molecule has 13 atom stereocenters. The number of carbonyl (C=O) groups is 12. The van der Waals surface area contributed by atoms with Gasteiger partial charge in [-0.1, -0.05) is 74.9 Å². The summed E-state index contributed by atoms with van der Waals surface area (Å²) < 4.78 is 0. The summed E-state index contributed by atoms with van der Waals surface area (Å²) >= 11 is 0.